The number of hydrogen-bond acceptors (Lipinski definition) is 0. The molecule has 2 heteroatoms. The van der Waals surface area contributed by atoms with E-state index < -0.39 is 0 Å². The number of benzene rings is 3. The van der Waals surface area contributed by atoms with Crippen LogP contribution < -0.4 is 8.97 Å². The highest BCUT2D eigenvalue weighted by atomic mass is 15.1. The number of unbranched alkanes of at least 4 members (excludes halogenated alkanes) is 1. The average molecular weight is 687 g/mol. The molecule has 0 saturated carbocycles. The highest BCUT2D eigenvalue weighted by Crippen LogP contribution is 2.62. The summed E-state index contributed by atoms with van der Waals surface area (Å²) in [5, 5.41) is 2.77. The van der Waals surface area contributed by atoms with E-state index in [0.29, 0.717) is 0 Å². The van der Waals surface area contributed by atoms with Gasteiger partial charge in [0.05, 0.1) is 16.9 Å². The van der Waals surface area contributed by atoms with Crippen LogP contribution >= 0.6 is 0 Å². The van der Waals surface area contributed by atoms with Crippen molar-refractivity contribution < 1.29 is 8.97 Å². The number of aromatic nitrogens is 2. The van der Waals surface area contributed by atoms with Crippen LogP contribution in [0, 0.1) is 12.3 Å². The molecular weight excluding hydrogens is 629 g/mol. The van der Waals surface area contributed by atoms with Gasteiger partial charge in [-0.3, -0.25) is 0 Å². The molecule has 266 valence electrons. The lowest BCUT2D eigenvalue weighted by Gasteiger charge is -2.44. The summed E-state index contributed by atoms with van der Waals surface area (Å²) in [6.07, 6.45) is 12.9. The molecule has 0 radical (unpaired) electrons. The maximum Gasteiger partial charge on any atom is 0.218 e. The molecule has 3 aromatic heterocycles. The highest BCUT2D eigenvalue weighted by molar-refractivity contribution is 5.98. The van der Waals surface area contributed by atoms with Gasteiger partial charge in [0.15, 0.2) is 24.1 Å². The van der Waals surface area contributed by atoms with Gasteiger partial charge < -0.3 is 0 Å². The van der Waals surface area contributed by atoms with Crippen molar-refractivity contribution in [3.63, 3.8) is 0 Å². The first-order chi connectivity index (χ1) is 24.8. The molecule has 0 fully saturated rings. The molecular formula is C50H58N2+2. The van der Waals surface area contributed by atoms with E-state index in [2.05, 4.69) is 182 Å². The second-order valence-corrected chi connectivity index (χ2v) is 17.7. The van der Waals surface area contributed by atoms with Crippen LogP contribution in [0.3, 0.4) is 0 Å². The minimum atomic E-state index is -0.129. The van der Waals surface area contributed by atoms with Gasteiger partial charge in [0, 0.05) is 42.2 Å². The molecule has 0 amide bonds. The molecule has 52 heavy (non-hydrogen) atoms. The first-order valence-corrected chi connectivity index (χ1v) is 20.0. The zero-order valence-electron chi connectivity index (χ0n) is 33.3. The molecule has 1 atom stereocenters. The summed E-state index contributed by atoms with van der Waals surface area (Å²) in [7, 11) is 0. The minimum Gasteiger partial charge on any atom is -0.192 e. The van der Waals surface area contributed by atoms with Crippen LogP contribution in [0.25, 0.3) is 38.7 Å². The Bertz CT molecular complexity index is 2350. The molecule has 8 rings (SSSR count). The third-order valence-corrected chi connectivity index (χ3v) is 14.8. The predicted molar refractivity (Wildman–Crippen MR) is 218 cm³/mol. The van der Waals surface area contributed by atoms with Crippen LogP contribution in [0.5, 0.6) is 0 Å². The van der Waals surface area contributed by atoms with Gasteiger partial charge in [-0.05, 0) is 99.0 Å². The van der Waals surface area contributed by atoms with Crippen LogP contribution in [-0.4, -0.2) is 0 Å². The summed E-state index contributed by atoms with van der Waals surface area (Å²) in [4.78, 5) is 0. The molecule has 1 unspecified atom stereocenters. The SMILES string of the molecule is CCCCc1ccc2c(c1)-c1cccc[n+]1C(CC)(CC)C2c1c[n+]2cc(-c3ccccc3)c(C)cc2c2cc3c(cc12)C(C)(C)C(C)(C)C3(C)C. The summed E-state index contributed by atoms with van der Waals surface area (Å²) in [5.74, 6) is 0.169. The van der Waals surface area contributed by atoms with Crippen molar-refractivity contribution in [3.05, 3.63) is 137 Å². The van der Waals surface area contributed by atoms with Crippen molar-refractivity contribution in [3.8, 4) is 22.4 Å². The Hall–Kier alpha value is -4.30. The normalized spacial score (nSPS) is 19.0. The zero-order chi connectivity index (χ0) is 36.8. The fraction of sp³-hybridized carbons (Fsp3) is 0.400. The molecule has 4 heterocycles. The number of rotatable bonds is 7. The monoisotopic (exact) mass is 686 g/mol. The molecule has 0 saturated heterocycles. The Labute approximate surface area is 312 Å². The second-order valence-electron chi connectivity index (χ2n) is 17.7. The van der Waals surface area contributed by atoms with Gasteiger partial charge in [0.25, 0.3) is 0 Å². The maximum absolute atomic E-state index is 2.67. The van der Waals surface area contributed by atoms with E-state index in [1.54, 1.807) is 0 Å². The quantitative estimate of drug-likeness (QED) is 0.117. The zero-order valence-corrected chi connectivity index (χ0v) is 33.3. The van der Waals surface area contributed by atoms with Gasteiger partial charge in [0.2, 0.25) is 11.2 Å². The standard InChI is InChI=1S/C50H58N2/c1-11-14-20-34-24-25-36-38(28-34)44-23-18-19-26-52(44)50(12-2,13-3)46(36)41-32-51-31-40(35-21-16-15-17-22-35)33(4)27-45(51)39-30-43-42(29-37(39)41)47(5,6)49(9,10)48(43,7)8/h15-19,21-32,46H,11-14,20H2,1-10H3/q+2. The Balaban J connectivity index is 1.52. The van der Waals surface area contributed by atoms with E-state index in [9.17, 15) is 0 Å². The van der Waals surface area contributed by atoms with Gasteiger partial charge in [0.1, 0.15) is 0 Å². The third-order valence-electron chi connectivity index (χ3n) is 14.8. The molecule has 2 nitrogen and oxygen atoms in total. The molecule has 0 bridgehead atoms. The van der Waals surface area contributed by atoms with Crippen molar-refractivity contribution in [1.29, 1.82) is 0 Å². The van der Waals surface area contributed by atoms with Crippen LogP contribution in [0.1, 0.15) is 127 Å². The average Bonchev–Trinajstić information content (AvgIpc) is 3.25. The first kappa shape index (κ1) is 34.8. The number of fused-ring (bicyclic) bond motifs is 7. The summed E-state index contributed by atoms with van der Waals surface area (Å²) < 4.78 is 5.15. The lowest BCUT2D eigenvalue weighted by molar-refractivity contribution is -0.761. The smallest absolute Gasteiger partial charge is 0.192 e. The van der Waals surface area contributed by atoms with E-state index in [1.165, 1.54) is 84.9 Å². The number of hydrogen-bond donors (Lipinski definition) is 0. The number of pyridine rings is 3. The molecule has 6 aromatic rings. The molecule has 1 aliphatic heterocycles. The van der Waals surface area contributed by atoms with Crippen LogP contribution in [0.15, 0.2) is 104 Å². The highest BCUT2D eigenvalue weighted by Gasteiger charge is 2.58. The summed E-state index contributed by atoms with van der Waals surface area (Å²) in [6, 6.07) is 32.9. The first-order valence-electron chi connectivity index (χ1n) is 20.0. The summed E-state index contributed by atoms with van der Waals surface area (Å²) in [5.41, 5.74) is 15.2. The lowest BCUT2D eigenvalue weighted by Crippen LogP contribution is -2.62. The largest absolute Gasteiger partial charge is 0.218 e. The van der Waals surface area contributed by atoms with Crippen LogP contribution in [0.4, 0.5) is 0 Å². The van der Waals surface area contributed by atoms with E-state index in [1.807, 2.05) is 0 Å². The lowest BCUT2D eigenvalue weighted by atomic mass is 9.59. The van der Waals surface area contributed by atoms with Crippen LogP contribution in [-0.2, 0) is 22.8 Å². The van der Waals surface area contributed by atoms with E-state index in [-0.39, 0.29) is 27.7 Å². The van der Waals surface area contributed by atoms with Gasteiger partial charge in [-0.25, -0.2) is 0 Å². The molecule has 1 aliphatic carbocycles. The van der Waals surface area contributed by atoms with E-state index >= 15 is 0 Å². The van der Waals surface area contributed by atoms with Gasteiger partial charge >= 0.3 is 0 Å². The van der Waals surface area contributed by atoms with E-state index in [0.717, 1.165) is 19.3 Å². The Morgan fingerprint density at radius 3 is 2.00 bits per heavy atom. The van der Waals surface area contributed by atoms with Crippen molar-refractivity contribution in [1.82, 2.24) is 0 Å². The van der Waals surface area contributed by atoms with Crippen molar-refractivity contribution in [2.75, 3.05) is 0 Å². The second kappa shape index (κ2) is 12.1. The Kier molecular flexibility index (Phi) is 8.10. The van der Waals surface area contributed by atoms with Gasteiger partial charge in [-0.2, -0.15) is 8.97 Å². The van der Waals surface area contributed by atoms with Gasteiger partial charge in [-0.15, -0.1) is 0 Å². The summed E-state index contributed by atoms with van der Waals surface area (Å²) >= 11 is 0. The Morgan fingerprint density at radius 1 is 0.654 bits per heavy atom. The van der Waals surface area contributed by atoms with Gasteiger partial charge in [-0.1, -0.05) is 111 Å². The predicted octanol–water partition coefficient (Wildman–Crippen LogP) is 12.1. The number of aryl methyl sites for hydroxylation is 2. The molecule has 2 aliphatic rings. The molecule has 0 spiro atoms. The number of nitrogens with zero attached hydrogens (tertiary/aromatic N) is 2. The maximum atomic E-state index is 2.67. The summed E-state index contributed by atoms with van der Waals surface area (Å²) in [6.45, 7) is 24.3. The minimum absolute atomic E-state index is 0.0130. The van der Waals surface area contributed by atoms with Crippen molar-refractivity contribution in [2.24, 2.45) is 5.41 Å². The fourth-order valence-electron chi connectivity index (χ4n) is 10.4. The molecule has 0 N–H and O–H groups in total. The van der Waals surface area contributed by atoms with Crippen molar-refractivity contribution in [2.45, 2.75) is 124 Å². The van der Waals surface area contributed by atoms with Crippen LogP contribution in [0.2, 0.25) is 0 Å². The van der Waals surface area contributed by atoms with Crippen molar-refractivity contribution >= 4 is 16.3 Å². The fourth-order valence-corrected chi connectivity index (χ4v) is 10.4. The third kappa shape index (κ3) is 4.68. The van der Waals surface area contributed by atoms with E-state index in [4.69, 9.17) is 0 Å². The Morgan fingerprint density at radius 2 is 1.33 bits per heavy atom. The molecule has 3 aromatic carbocycles. The topological polar surface area (TPSA) is 7.98 Å².